The van der Waals surface area contributed by atoms with Gasteiger partial charge >= 0.3 is 6.03 Å². The normalized spacial score (nSPS) is 14.7. The van der Waals surface area contributed by atoms with Crippen molar-refractivity contribution in [2.75, 3.05) is 11.9 Å². The van der Waals surface area contributed by atoms with Crippen LogP contribution in [-0.4, -0.2) is 29.3 Å². The Morgan fingerprint density at radius 1 is 1.03 bits per heavy atom. The van der Waals surface area contributed by atoms with Crippen LogP contribution in [0.25, 0.3) is 0 Å². The van der Waals surface area contributed by atoms with Crippen molar-refractivity contribution in [3.63, 3.8) is 0 Å². The minimum atomic E-state index is -1.76. The first kappa shape index (κ1) is 21.1. The van der Waals surface area contributed by atoms with Gasteiger partial charge in [0.05, 0.1) is 5.56 Å². The molecule has 7 nitrogen and oxygen atoms in total. The first-order valence-electron chi connectivity index (χ1n) is 9.29. The molecule has 0 radical (unpaired) electrons. The van der Waals surface area contributed by atoms with Crippen molar-refractivity contribution < 1.29 is 23.2 Å². The molecule has 0 saturated carbocycles. The van der Waals surface area contributed by atoms with E-state index in [4.69, 9.17) is 5.26 Å². The lowest BCUT2D eigenvalue weighted by Crippen LogP contribution is -2.45. The van der Waals surface area contributed by atoms with E-state index in [0.717, 1.165) is 40.5 Å². The Kier molecular flexibility index (Phi) is 5.42. The fourth-order valence-electron chi connectivity index (χ4n) is 3.48. The topological polar surface area (TPSA) is 102 Å². The molecule has 160 valence electrons. The van der Waals surface area contributed by atoms with Gasteiger partial charge in [-0.1, -0.05) is 24.3 Å². The quantitative estimate of drug-likeness (QED) is 0.580. The predicted octanol–water partition coefficient (Wildman–Crippen LogP) is 3.33. The zero-order valence-corrected chi connectivity index (χ0v) is 17.1. The number of thiophene rings is 1. The average Bonchev–Trinajstić information content (AvgIpc) is 3.32. The fourth-order valence-corrected chi connectivity index (χ4v) is 4.23. The van der Waals surface area contributed by atoms with Crippen LogP contribution in [0.5, 0.6) is 0 Å². The molecular formula is C22H14F2N4O3S. The maximum atomic E-state index is 13.5. The molecule has 4 amide bonds. The minimum Gasteiger partial charge on any atom is -0.315 e. The maximum Gasteiger partial charge on any atom is 0.326 e. The van der Waals surface area contributed by atoms with Crippen LogP contribution < -0.4 is 10.6 Å². The highest BCUT2D eigenvalue weighted by Crippen LogP contribution is 2.36. The molecule has 1 aromatic heterocycles. The van der Waals surface area contributed by atoms with Crippen molar-refractivity contribution in [1.29, 1.82) is 5.26 Å². The van der Waals surface area contributed by atoms with Crippen LogP contribution in [0.1, 0.15) is 16.7 Å². The third-order valence-electron chi connectivity index (χ3n) is 5.00. The van der Waals surface area contributed by atoms with Crippen molar-refractivity contribution in [1.82, 2.24) is 10.2 Å². The third kappa shape index (κ3) is 3.59. The van der Waals surface area contributed by atoms with E-state index in [0.29, 0.717) is 5.00 Å². The molecule has 2 aromatic carbocycles. The van der Waals surface area contributed by atoms with Crippen molar-refractivity contribution >= 4 is 34.2 Å². The van der Waals surface area contributed by atoms with E-state index in [2.05, 4.69) is 10.6 Å². The zero-order chi connectivity index (χ0) is 22.9. The first-order chi connectivity index (χ1) is 15.3. The predicted molar refractivity (Wildman–Crippen MR) is 111 cm³/mol. The number of hydrogen-bond donors (Lipinski definition) is 2. The third-order valence-corrected chi connectivity index (χ3v) is 5.83. The summed E-state index contributed by atoms with van der Waals surface area (Å²) in [5, 5.41) is 16.1. The van der Waals surface area contributed by atoms with Gasteiger partial charge in [-0.2, -0.15) is 5.26 Å². The van der Waals surface area contributed by atoms with Gasteiger partial charge in [-0.05, 0) is 46.8 Å². The van der Waals surface area contributed by atoms with Crippen molar-refractivity contribution in [3.8, 4) is 6.07 Å². The second kappa shape index (κ2) is 8.20. The Morgan fingerprint density at radius 3 is 2.12 bits per heavy atom. The number of nitrogens with zero attached hydrogens (tertiary/aromatic N) is 2. The number of rotatable bonds is 5. The summed E-state index contributed by atoms with van der Waals surface area (Å²) in [5.74, 6) is -2.54. The van der Waals surface area contributed by atoms with Crippen LogP contribution in [0.2, 0.25) is 0 Å². The van der Waals surface area contributed by atoms with Gasteiger partial charge in [-0.25, -0.2) is 13.6 Å². The Labute approximate surface area is 184 Å². The van der Waals surface area contributed by atoms with Crippen molar-refractivity contribution in [2.45, 2.75) is 5.54 Å². The molecule has 32 heavy (non-hydrogen) atoms. The molecule has 3 aromatic rings. The van der Waals surface area contributed by atoms with E-state index in [9.17, 15) is 23.2 Å². The zero-order valence-electron chi connectivity index (χ0n) is 16.3. The number of imide groups is 1. The fraction of sp³-hybridized carbons (Fsp3) is 0.0909. The summed E-state index contributed by atoms with van der Waals surface area (Å²) in [6.07, 6.45) is 0. The summed E-state index contributed by atoms with van der Waals surface area (Å²) >= 11 is 1.13. The highest BCUT2D eigenvalue weighted by atomic mass is 32.1. The molecule has 0 aliphatic carbocycles. The number of nitriles is 1. The number of carbonyl (C=O) groups excluding carboxylic acids is 3. The molecule has 2 heterocycles. The molecule has 2 N–H and O–H groups in total. The molecule has 0 atom stereocenters. The van der Waals surface area contributed by atoms with Gasteiger partial charge in [-0.15, -0.1) is 11.3 Å². The largest absolute Gasteiger partial charge is 0.326 e. The second-order valence-corrected chi connectivity index (χ2v) is 7.82. The van der Waals surface area contributed by atoms with E-state index in [1.165, 1.54) is 30.3 Å². The maximum absolute atomic E-state index is 13.5. The molecule has 10 heteroatoms. The molecule has 0 unspecified atom stereocenters. The van der Waals surface area contributed by atoms with Crippen LogP contribution in [0, 0.1) is 23.0 Å². The van der Waals surface area contributed by atoms with Gasteiger partial charge in [0.15, 0.2) is 5.54 Å². The summed E-state index contributed by atoms with van der Waals surface area (Å²) in [6.45, 7) is -0.614. The lowest BCUT2D eigenvalue weighted by Gasteiger charge is -2.28. The summed E-state index contributed by atoms with van der Waals surface area (Å²) in [5.41, 5.74) is -1.01. The summed E-state index contributed by atoms with van der Waals surface area (Å²) in [6, 6.07) is 12.5. The van der Waals surface area contributed by atoms with E-state index >= 15 is 0 Å². The SMILES string of the molecule is N#Cc1ccsc1NC(=O)CN1C(=O)NC(c2ccc(F)cc2)(c2ccc(F)cc2)C1=O. The molecule has 1 aliphatic heterocycles. The average molecular weight is 452 g/mol. The number of halogens is 2. The van der Waals surface area contributed by atoms with Gasteiger partial charge in [0.1, 0.15) is 29.2 Å². The molecule has 0 bridgehead atoms. The number of benzene rings is 2. The van der Waals surface area contributed by atoms with Crippen LogP contribution in [0.4, 0.5) is 18.6 Å². The van der Waals surface area contributed by atoms with Crippen LogP contribution >= 0.6 is 11.3 Å². The Morgan fingerprint density at radius 2 is 1.59 bits per heavy atom. The van der Waals surface area contributed by atoms with E-state index in [1.807, 2.05) is 6.07 Å². The lowest BCUT2D eigenvalue weighted by atomic mass is 9.82. The summed E-state index contributed by atoms with van der Waals surface area (Å²) in [4.78, 5) is 39.5. The molecule has 4 rings (SSSR count). The molecule has 1 saturated heterocycles. The van der Waals surface area contributed by atoms with Crippen LogP contribution in [0.15, 0.2) is 60.0 Å². The second-order valence-electron chi connectivity index (χ2n) is 6.91. The number of urea groups is 1. The number of nitrogens with one attached hydrogen (secondary N) is 2. The van der Waals surface area contributed by atoms with E-state index in [-0.39, 0.29) is 16.7 Å². The number of carbonyl (C=O) groups is 3. The van der Waals surface area contributed by atoms with E-state index in [1.54, 1.807) is 5.38 Å². The molecule has 1 aliphatic rings. The summed E-state index contributed by atoms with van der Waals surface area (Å²) in [7, 11) is 0. The minimum absolute atomic E-state index is 0.247. The van der Waals surface area contributed by atoms with Crippen LogP contribution in [-0.2, 0) is 15.1 Å². The van der Waals surface area contributed by atoms with E-state index < -0.39 is 41.6 Å². The Hall–Kier alpha value is -4.10. The van der Waals surface area contributed by atoms with Gasteiger partial charge in [-0.3, -0.25) is 14.5 Å². The van der Waals surface area contributed by atoms with Crippen LogP contribution in [0.3, 0.4) is 0 Å². The Bertz CT molecular complexity index is 1200. The smallest absolute Gasteiger partial charge is 0.315 e. The lowest BCUT2D eigenvalue weighted by molar-refractivity contribution is -0.133. The monoisotopic (exact) mass is 452 g/mol. The van der Waals surface area contributed by atoms with Crippen molar-refractivity contribution in [2.24, 2.45) is 0 Å². The van der Waals surface area contributed by atoms with Crippen molar-refractivity contribution in [3.05, 3.63) is 88.3 Å². The highest BCUT2D eigenvalue weighted by molar-refractivity contribution is 7.14. The van der Waals surface area contributed by atoms with Gasteiger partial charge in [0.25, 0.3) is 5.91 Å². The molecular weight excluding hydrogens is 438 g/mol. The number of anilines is 1. The standard InChI is InChI=1S/C22H14F2N4O3S/c23-16-5-1-14(2-6-16)22(15-3-7-17(24)8-4-15)20(30)28(21(31)27-22)12-18(29)26-19-13(11-25)9-10-32-19/h1-10H,12H2,(H,26,29)(H,27,31). The Balaban J connectivity index is 1.68. The molecule has 0 spiro atoms. The van der Waals surface area contributed by atoms with Gasteiger partial charge < -0.3 is 10.6 Å². The molecule has 1 fully saturated rings. The highest BCUT2D eigenvalue weighted by Gasteiger charge is 2.54. The van der Waals surface area contributed by atoms with Gasteiger partial charge in [0, 0.05) is 0 Å². The number of hydrogen-bond acceptors (Lipinski definition) is 5. The number of amides is 4. The summed E-state index contributed by atoms with van der Waals surface area (Å²) < 4.78 is 27.0. The van der Waals surface area contributed by atoms with Gasteiger partial charge in [0.2, 0.25) is 5.91 Å². The first-order valence-corrected chi connectivity index (χ1v) is 10.2.